The molecular formula is C58H78N2O14. The highest BCUT2D eigenvalue weighted by molar-refractivity contribution is 6.41. The third kappa shape index (κ3) is 13.3. The van der Waals surface area contributed by atoms with Crippen LogP contribution in [-0.2, 0) is 47.4 Å². The lowest BCUT2D eigenvalue weighted by atomic mass is 9.82. The maximum atomic E-state index is 14.3. The van der Waals surface area contributed by atoms with E-state index in [-0.39, 0.29) is 85.7 Å². The van der Waals surface area contributed by atoms with Crippen molar-refractivity contribution in [3.8, 4) is 0 Å². The quantitative estimate of drug-likeness (QED) is 0.0169. The molecule has 0 aromatic heterocycles. The topological polar surface area (TPSA) is 167 Å². The van der Waals surface area contributed by atoms with Gasteiger partial charge in [-0.15, -0.1) is 0 Å². The number of benzene rings is 5. The molecule has 0 saturated carbocycles. The number of methoxy groups -OCH3 is 1. The van der Waals surface area contributed by atoms with Crippen LogP contribution in [0.3, 0.4) is 0 Å². The largest absolute Gasteiger partial charge is 0.382 e. The lowest BCUT2D eigenvalue weighted by Gasteiger charge is -2.33. The molecule has 0 aliphatic carbocycles. The van der Waals surface area contributed by atoms with Gasteiger partial charge in [-0.1, -0.05) is 37.6 Å². The highest BCUT2D eigenvalue weighted by Gasteiger charge is 2.38. The van der Waals surface area contributed by atoms with Crippen molar-refractivity contribution in [2.75, 3.05) is 86.3 Å². The molecule has 4 amide bonds. The number of rotatable bonds is 33. The number of nitrogens with zero attached hydrogens (tertiary/aromatic N) is 2. The normalized spacial score (nSPS) is 17.7. The first-order chi connectivity index (χ1) is 35.5. The van der Waals surface area contributed by atoms with Crippen molar-refractivity contribution in [3.63, 3.8) is 0 Å². The molecule has 2 heterocycles. The van der Waals surface area contributed by atoms with Crippen molar-refractivity contribution in [2.45, 2.75) is 137 Å². The molecule has 0 fully saturated rings. The van der Waals surface area contributed by atoms with Crippen LogP contribution in [-0.4, -0.2) is 175 Å². The van der Waals surface area contributed by atoms with Crippen molar-refractivity contribution >= 4 is 66.7 Å². The third-order valence-corrected chi connectivity index (χ3v) is 13.6. The fraction of sp³-hybridized carbons (Fsp3) is 0.586. The third-order valence-electron chi connectivity index (χ3n) is 13.6. The Kier molecular flexibility index (Phi) is 20.3. The highest BCUT2D eigenvalue weighted by Crippen LogP contribution is 2.46. The highest BCUT2D eigenvalue weighted by atomic mass is 16.6. The lowest BCUT2D eigenvalue weighted by Crippen LogP contribution is -2.48. The van der Waals surface area contributed by atoms with E-state index in [1.54, 1.807) is 31.4 Å². The van der Waals surface area contributed by atoms with E-state index in [0.717, 1.165) is 45.2 Å². The second kappa shape index (κ2) is 26.4. The number of carbonyl (C=O) groups excluding carboxylic acids is 4. The minimum absolute atomic E-state index is 0.0312. The van der Waals surface area contributed by atoms with Crippen molar-refractivity contribution in [2.24, 2.45) is 0 Å². The van der Waals surface area contributed by atoms with Crippen LogP contribution < -0.4 is 0 Å². The first-order valence-corrected chi connectivity index (χ1v) is 26.5. The number of hydrogen-bond donors (Lipinski definition) is 0. The summed E-state index contributed by atoms with van der Waals surface area (Å²) in [6, 6.07) is 14.3. The van der Waals surface area contributed by atoms with E-state index in [1.807, 2.05) is 93.5 Å². The molecule has 2 aliphatic heterocycles. The summed E-state index contributed by atoms with van der Waals surface area (Å²) >= 11 is 0. The van der Waals surface area contributed by atoms with E-state index in [2.05, 4.69) is 0 Å². The van der Waals surface area contributed by atoms with Gasteiger partial charge in [0, 0.05) is 46.7 Å². The molecule has 7 rings (SSSR count). The molecule has 2 aliphatic rings. The molecule has 9 atom stereocenters. The van der Waals surface area contributed by atoms with Crippen LogP contribution in [0.2, 0.25) is 0 Å². The Morgan fingerprint density at radius 3 is 1.03 bits per heavy atom. The van der Waals surface area contributed by atoms with Gasteiger partial charge >= 0.3 is 0 Å². The summed E-state index contributed by atoms with van der Waals surface area (Å²) in [5.74, 6) is -1.34. The Bertz CT molecular complexity index is 2590. The molecule has 9 unspecified atom stereocenters. The first-order valence-electron chi connectivity index (χ1n) is 26.5. The predicted octanol–water partition coefficient (Wildman–Crippen LogP) is 9.02. The summed E-state index contributed by atoms with van der Waals surface area (Å²) in [5, 5.41) is 6.33. The maximum absolute atomic E-state index is 14.3. The Labute approximate surface area is 435 Å². The Hall–Kier alpha value is -4.72. The van der Waals surface area contributed by atoms with Gasteiger partial charge in [0.05, 0.1) is 128 Å². The molecule has 404 valence electrons. The van der Waals surface area contributed by atoms with Crippen LogP contribution >= 0.6 is 0 Å². The summed E-state index contributed by atoms with van der Waals surface area (Å²) in [5.41, 5.74) is 1.89. The summed E-state index contributed by atoms with van der Waals surface area (Å²) in [4.78, 5) is 58.6. The van der Waals surface area contributed by atoms with E-state index in [4.69, 9.17) is 47.4 Å². The van der Waals surface area contributed by atoms with Crippen LogP contribution in [0.5, 0.6) is 0 Å². The number of amides is 4. The van der Waals surface area contributed by atoms with Crippen LogP contribution in [0, 0.1) is 0 Å². The first kappa shape index (κ1) is 57.0. The zero-order chi connectivity index (χ0) is 53.2. The van der Waals surface area contributed by atoms with Gasteiger partial charge in [0.15, 0.2) is 0 Å². The molecule has 5 aromatic rings. The van der Waals surface area contributed by atoms with E-state index in [9.17, 15) is 19.2 Å². The summed E-state index contributed by atoms with van der Waals surface area (Å²) in [6.45, 7) is 24.4. The van der Waals surface area contributed by atoms with Gasteiger partial charge in [-0.2, -0.15) is 0 Å². The summed E-state index contributed by atoms with van der Waals surface area (Å²) < 4.78 is 58.4. The van der Waals surface area contributed by atoms with E-state index < -0.39 is 6.04 Å². The molecule has 0 bridgehead atoms. The lowest BCUT2D eigenvalue weighted by molar-refractivity contribution is -0.110. The van der Waals surface area contributed by atoms with Crippen LogP contribution in [0.25, 0.3) is 43.1 Å². The van der Waals surface area contributed by atoms with Gasteiger partial charge in [-0.25, -0.2) is 0 Å². The van der Waals surface area contributed by atoms with E-state index in [0.29, 0.717) is 99.0 Å². The smallest absolute Gasteiger partial charge is 0.261 e. The van der Waals surface area contributed by atoms with Gasteiger partial charge in [-0.3, -0.25) is 29.0 Å². The van der Waals surface area contributed by atoms with Gasteiger partial charge in [-0.05, 0) is 125 Å². The fourth-order valence-electron chi connectivity index (χ4n) is 9.51. The number of ether oxygens (including phenoxy) is 10. The minimum atomic E-state index is -0.565. The summed E-state index contributed by atoms with van der Waals surface area (Å²) in [7, 11) is 1.65. The molecule has 0 saturated heterocycles. The maximum Gasteiger partial charge on any atom is 0.261 e. The van der Waals surface area contributed by atoms with Crippen LogP contribution in [0.1, 0.15) is 124 Å². The van der Waals surface area contributed by atoms with Crippen molar-refractivity contribution < 1.29 is 66.5 Å². The van der Waals surface area contributed by atoms with Crippen molar-refractivity contribution in [1.29, 1.82) is 0 Å². The number of fused-ring (bicyclic) bond motifs is 2. The van der Waals surface area contributed by atoms with E-state index >= 15 is 0 Å². The molecule has 0 N–H and O–H groups in total. The molecule has 0 radical (unpaired) electrons. The molecule has 0 spiro atoms. The Morgan fingerprint density at radius 2 is 0.703 bits per heavy atom. The van der Waals surface area contributed by atoms with Gasteiger partial charge in [0.2, 0.25) is 0 Å². The molecule has 5 aromatic carbocycles. The molecule has 16 nitrogen and oxygen atoms in total. The zero-order valence-corrected chi connectivity index (χ0v) is 45.3. The van der Waals surface area contributed by atoms with Crippen LogP contribution in [0.15, 0.2) is 48.5 Å². The second-order valence-corrected chi connectivity index (χ2v) is 20.3. The standard InChI is InChI=1S/C58H78N2O14/c1-12-13-22-59-55(61)47-18-14-43-45-16-20-49-54-50(21-17-46(52(45)54)44-15-19-48(56(59)62)53(47)51(43)44)58(64)60(57(49)63)34(2)25-67-36(4)27-69-38(6)29-71-40(8)31-73-42(10)33-74-41(9)32-72-39(7)30-70-37(5)28-68-35(3)26-66-24-23-65-11/h14-21,34-42H,12-13,22-33H2,1-11H3. The molecular weight excluding hydrogens is 949 g/mol. The Balaban J connectivity index is 0.815. The number of carbonyl (C=O) groups is 4. The second-order valence-electron chi connectivity index (χ2n) is 20.3. The fourth-order valence-corrected chi connectivity index (χ4v) is 9.51. The van der Waals surface area contributed by atoms with Gasteiger partial charge < -0.3 is 47.4 Å². The molecule has 16 heteroatoms. The predicted molar refractivity (Wildman–Crippen MR) is 284 cm³/mol. The average Bonchev–Trinajstić information content (AvgIpc) is 3.39. The number of unbranched alkanes of at least 4 members (excludes halogenated alkanes) is 1. The monoisotopic (exact) mass is 1030 g/mol. The Morgan fingerprint density at radius 1 is 0.392 bits per heavy atom. The van der Waals surface area contributed by atoms with Crippen molar-refractivity contribution in [1.82, 2.24) is 9.80 Å². The van der Waals surface area contributed by atoms with Crippen molar-refractivity contribution in [3.05, 3.63) is 70.8 Å². The van der Waals surface area contributed by atoms with Gasteiger partial charge in [0.25, 0.3) is 23.6 Å². The average molecular weight is 1030 g/mol. The molecule has 74 heavy (non-hydrogen) atoms. The zero-order valence-electron chi connectivity index (χ0n) is 45.3. The number of imide groups is 2. The SMILES string of the molecule is CCCCN1C(=O)c2ccc3c4ccc5c6c(ccc(c7ccc(c2c37)C1=O)c64)C(=O)N(C(C)COC(C)COC(C)COC(C)COC(C)COC(C)COC(C)COC(C)COC(C)COCCOC)C5=O. The summed E-state index contributed by atoms with van der Waals surface area (Å²) in [6.07, 6.45) is 0.397. The number of hydrogen-bond acceptors (Lipinski definition) is 14. The minimum Gasteiger partial charge on any atom is -0.382 e. The van der Waals surface area contributed by atoms with Gasteiger partial charge in [0.1, 0.15) is 0 Å². The van der Waals surface area contributed by atoms with E-state index in [1.165, 1.54) is 9.80 Å². The van der Waals surface area contributed by atoms with Crippen LogP contribution in [0.4, 0.5) is 0 Å².